The van der Waals surface area contributed by atoms with Crippen LogP contribution in [0.5, 0.6) is 0 Å². The van der Waals surface area contributed by atoms with Crippen LogP contribution in [0.3, 0.4) is 0 Å². The minimum atomic E-state index is 0.568. The fourth-order valence-corrected chi connectivity index (χ4v) is 2.81. The Morgan fingerprint density at radius 1 is 1.37 bits per heavy atom. The van der Waals surface area contributed by atoms with Crippen molar-refractivity contribution in [2.75, 3.05) is 30.5 Å². The molecule has 1 atom stereocenters. The highest BCUT2D eigenvalue weighted by molar-refractivity contribution is 7.98. The highest BCUT2D eigenvalue weighted by Crippen LogP contribution is 2.21. The minimum Gasteiger partial charge on any atom is -0.371 e. The summed E-state index contributed by atoms with van der Waals surface area (Å²) in [6.45, 7) is 8.75. The van der Waals surface area contributed by atoms with E-state index >= 15 is 0 Å². The van der Waals surface area contributed by atoms with Gasteiger partial charge >= 0.3 is 0 Å². The van der Waals surface area contributed by atoms with Gasteiger partial charge in [0.15, 0.2) is 0 Å². The van der Waals surface area contributed by atoms with Gasteiger partial charge in [-0.2, -0.15) is 11.8 Å². The van der Waals surface area contributed by atoms with Crippen LogP contribution in [0.4, 0.5) is 5.69 Å². The number of aryl methyl sites for hydroxylation is 1. The summed E-state index contributed by atoms with van der Waals surface area (Å²) in [4.78, 5) is 2.37. The van der Waals surface area contributed by atoms with Gasteiger partial charge < -0.3 is 10.2 Å². The molecule has 0 aliphatic carbocycles. The first kappa shape index (κ1) is 16.4. The van der Waals surface area contributed by atoms with Gasteiger partial charge in [0.25, 0.3) is 0 Å². The predicted molar refractivity (Wildman–Crippen MR) is 89.4 cm³/mol. The standard InChI is InChI=1S/C16H28N2S/c1-6-9-17-11-15-7-8-16(10-13(15)2)18(4)14(3)12-19-5/h7-8,10,14,17H,6,9,11-12H2,1-5H3. The molecule has 1 N–H and O–H groups in total. The summed E-state index contributed by atoms with van der Waals surface area (Å²) in [5.41, 5.74) is 4.10. The average Bonchev–Trinajstić information content (AvgIpc) is 2.40. The smallest absolute Gasteiger partial charge is 0.0369 e. The van der Waals surface area contributed by atoms with Crippen LogP contribution in [-0.2, 0) is 6.54 Å². The Hall–Kier alpha value is -0.670. The first-order chi connectivity index (χ1) is 9.10. The second-order valence-electron chi connectivity index (χ2n) is 5.20. The number of nitrogens with zero attached hydrogens (tertiary/aromatic N) is 1. The molecule has 0 radical (unpaired) electrons. The number of hydrogen-bond donors (Lipinski definition) is 1. The fourth-order valence-electron chi connectivity index (χ4n) is 2.11. The molecule has 0 saturated carbocycles. The van der Waals surface area contributed by atoms with E-state index in [1.807, 2.05) is 11.8 Å². The Morgan fingerprint density at radius 3 is 2.68 bits per heavy atom. The lowest BCUT2D eigenvalue weighted by Gasteiger charge is -2.27. The van der Waals surface area contributed by atoms with Gasteiger partial charge in [-0.3, -0.25) is 0 Å². The molecule has 0 heterocycles. The number of benzene rings is 1. The summed E-state index contributed by atoms with van der Waals surface area (Å²) in [6, 6.07) is 7.38. The molecule has 0 aliphatic rings. The van der Waals surface area contributed by atoms with Crippen LogP contribution >= 0.6 is 11.8 Å². The molecular weight excluding hydrogens is 252 g/mol. The summed E-state index contributed by atoms with van der Waals surface area (Å²) >= 11 is 1.90. The van der Waals surface area contributed by atoms with Gasteiger partial charge in [0.1, 0.15) is 0 Å². The Labute approximate surface area is 123 Å². The summed E-state index contributed by atoms with van der Waals surface area (Å²) in [5.74, 6) is 1.16. The first-order valence-corrected chi connectivity index (χ1v) is 8.51. The second kappa shape index (κ2) is 8.49. The molecule has 2 nitrogen and oxygen atoms in total. The lowest BCUT2D eigenvalue weighted by Crippen LogP contribution is -2.30. The predicted octanol–water partition coefficient (Wildman–Crippen LogP) is 3.68. The van der Waals surface area contributed by atoms with E-state index in [4.69, 9.17) is 0 Å². The monoisotopic (exact) mass is 280 g/mol. The molecule has 108 valence electrons. The Morgan fingerprint density at radius 2 is 2.11 bits per heavy atom. The zero-order chi connectivity index (χ0) is 14.3. The highest BCUT2D eigenvalue weighted by atomic mass is 32.2. The van der Waals surface area contributed by atoms with Gasteiger partial charge in [-0.25, -0.2) is 0 Å². The van der Waals surface area contributed by atoms with Crippen molar-refractivity contribution in [3.63, 3.8) is 0 Å². The van der Waals surface area contributed by atoms with Gasteiger partial charge in [0.2, 0.25) is 0 Å². The Bertz CT molecular complexity index is 379. The van der Waals surface area contributed by atoms with Crippen molar-refractivity contribution in [1.82, 2.24) is 5.32 Å². The first-order valence-electron chi connectivity index (χ1n) is 7.12. The summed E-state index contributed by atoms with van der Waals surface area (Å²) in [5, 5.41) is 3.47. The molecule has 0 bridgehead atoms. The van der Waals surface area contributed by atoms with Gasteiger partial charge in [-0.05, 0) is 56.3 Å². The van der Waals surface area contributed by atoms with E-state index in [-0.39, 0.29) is 0 Å². The average molecular weight is 280 g/mol. The molecule has 0 aromatic heterocycles. The maximum Gasteiger partial charge on any atom is 0.0369 e. The fraction of sp³-hybridized carbons (Fsp3) is 0.625. The van der Waals surface area contributed by atoms with Crippen molar-refractivity contribution < 1.29 is 0 Å². The van der Waals surface area contributed by atoms with Crippen molar-refractivity contribution in [3.05, 3.63) is 29.3 Å². The molecule has 3 heteroatoms. The zero-order valence-electron chi connectivity index (χ0n) is 13.0. The third kappa shape index (κ3) is 5.07. The number of thioether (sulfide) groups is 1. The van der Waals surface area contributed by atoms with E-state index in [0.29, 0.717) is 6.04 Å². The van der Waals surface area contributed by atoms with Crippen LogP contribution in [0.1, 0.15) is 31.4 Å². The van der Waals surface area contributed by atoms with Gasteiger partial charge in [-0.1, -0.05) is 13.0 Å². The number of nitrogens with one attached hydrogen (secondary N) is 1. The van der Waals surface area contributed by atoms with Gasteiger partial charge in [0, 0.05) is 31.1 Å². The quantitative estimate of drug-likeness (QED) is 0.731. The van der Waals surface area contributed by atoms with Crippen LogP contribution < -0.4 is 10.2 Å². The lowest BCUT2D eigenvalue weighted by atomic mass is 10.1. The van der Waals surface area contributed by atoms with Gasteiger partial charge in [0.05, 0.1) is 0 Å². The Balaban J connectivity index is 2.70. The normalized spacial score (nSPS) is 12.5. The zero-order valence-corrected chi connectivity index (χ0v) is 13.8. The molecule has 0 spiro atoms. The van der Waals surface area contributed by atoms with Crippen molar-refractivity contribution in [1.29, 1.82) is 0 Å². The number of hydrogen-bond acceptors (Lipinski definition) is 3. The molecule has 19 heavy (non-hydrogen) atoms. The van der Waals surface area contributed by atoms with Crippen molar-refractivity contribution >= 4 is 17.4 Å². The Kier molecular flexibility index (Phi) is 7.32. The molecule has 0 aliphatic heterocycles. The van der Waals surface area contributed by atoms with Crippen molar-refractivity contribution in [2.24, 2.45) is 0 Å². The topological polar surface area (TPSA) is 15.3 Å². The van der Waals surface area contributed by atoms with Crippen LogP contribution in [0.25, 0.3) is 0 Å². The molecule has 1 unspecified atom stereocenters. The number of rotatable bonds is 8. The van der Waals surface area contributed by atoms with E-state index < -0.39 is 0 Å². The van der Waals surface area contributed by atoms with Crippen molar-refractivity contribution in [2.45, 2.75) is 39.8 Å². The molecule has 1 rings (SSSR count). The SMILES string of the molecule is CCCNCc1ccc(N(C)C(C)CSC)cc1C. The highest BCUT2D eigenvalue weighted by Gasteiger charge is 2.10. The molecule has 0 fully saturated rings. The lowest BCUT2D eigenvalue weighted by molar-refractivity contribution is 0.673. The molecule has 1 aromatic carbocycles. The van der Waals surface area contributed by atoms with E-state index in [1.165, 1.54) is 23.2 Å². The van der Waals surface area contributed by atoms with E-state index in [9.17, 15) is 0 Å². The van der Waals surface area contributed by atoms with Gasteiger partial charge in [-0.15, -0.1) is 0 Å². The number of anilines is 1. The second-order valence-corrected chi connectivity index (χ2v) is 6.11. The summed E-state index contributed by atoms with van der Waals surface area (Å²) < 4.78 is 0. The van der Waals surface area contributed by atoms with Crippen LogP contribution in [0.2, 0.25) is 0 Å². The minimum absolute atomic E-state index is 0.568. The third-order valence-corrected chi connectivity index (χ3v) is 4.36. The molecular formula is C16H28N2S. The van der Waals surface area contributed by atoms with Crippen LogP contribution in [0, 0.1) is 6.92 Å². The maximum absolute atomic E-state index is 3.47. The molecule has 0 saturated heterocycles. The van der Waals surface area contributed by atoms with E-state index in [2.05, 4.69) is 62.5 Å². The maximum atomic E-state index is 3.47. The molecule has 1 aromatic rings. The van der Waals surface area contributed by atoms with E-state index in [0.717, 1.165) is 18.8 Å². The van der Waals surface area contributed by atoms with Crippen molar-refractivity contribution in [3.8, 4) is 0 Å². The summed E-state index contributed by atoms with van der Waals surface area (Å²) in [7, 11) is 2.19. The molecule has 0 amide bonds. The van der Waals surface area contributed by atoms with Crippen LogP contribution in [-0.4, -0.2) is 31.6 Å². The van der Waals surface area contributed by atoms with Crippen LogP contribution in [0.15, 0.2) is 18.2 Å². The van der Waals surface area contributed by atoms with E-state index in [1.54, 1.807) is 0 Å². The third-order valence-electron chi connectivity index (χ3n) is 3.54. The largest absolute Gasteiger partial charge is 0.371 e. The summed E-state index contributed by atoms with van der Waals surface area (Å²) in [6.07, 6.45) is 3.35.